The quantitative estimate of drug-likeness (QED) is 0.532. The van der Waals surface area contributed by atoms with E-state index in [2.05, 4.69) is 31.2 Å². The number of allylic oxidation sites excluding steroid dienone is 4. The molecule has 0 fully saturated rings. The summed E-state index contributed by atoms with van der Waals surface area (Å²) in [5, 5.41) is 0. The standard InChI is InChI=1S/C7H12OSi.Li/c1-2-8-9-7-5-3-4-6-7;/h3-7H,2,9H2,1H3;. The first-order chi connectivity index (χ1) is 4.43. The van der Waals surface area contributed by atoms with Crippen molar-refractivity contribution >= 4 is 28.6 Å². The molecule has 0 N–H and O–H groups in total. The van der Waals surface area contributed by atoms with Gasteiger partial charge in [-0.3, -0.25) is 0 Å². The van der Waals surface area contributed by atoms with Crippen molar-refractivity contribution in [3.63, 3.8) is 0 Å². The summed E-state index contributed by atoms with van der Waals surface area (Å²) in [6, 6.07) is 0. The average molecular weight is 147 g/mol. The molecule has 1 nitrogen and oxygen atoms in total. The molecule has 0 spiro atoms. The van der Waals surface area contributed by atoms with Gasteiger partial charge in [-0.05, 0) is 6.92 Å². The maximum absolute atomic E-state index is 5.35. The van der Waals surface area contributed by atoms with Crippen molar-refractivity contribution in [3.05, 3.63) is 24.3 Å². The zero-order valence-electron chi connectivity index (χ0n) is 6.71. The fourth-order valence-corrected chi connectivity index (χ4v) is 1.89. The molecule has 0 aromatic carbocycles. The Labute approximate surface area is 76.7 Å². The Morgan fingerprint density at radius 2 is 2.00 bits per heavy atom. The molecular weight excluding hydrogens is 135 g/mol. The maximum Gasteiger partial charge on any atom is 0.172 e. The second-order valence-electron chi connectivity index (χ2n) is 2.09. The van der Waals surface area contributed by atoms with Crippen LogP contribution in [0.1, 0.15) is 6.92 Å². The summed E-state index contributed by atoms with van der Waals surface area (Å²) in [5.74, 6) is 0. The Hall–Kier alpha value is 0.254. The number of hydrogen-bond acceptors (Lipinski definition) is 1. The molecule has 1 aliphatic carbocycles. The summed E-state index contributed by atoms with van der Waals surface area (Å²) in [5.41, 5.74) is 0.671. The number of hydrogen-bond donors (Lipinski definition) is 0. The summed E-state index contributed by atoms with van der Waals surface area (Å²) in [4.78, 5) is 0. The van der Waals surface area contributed by atoms with Crippen molar-refractivity contribution in [2.24, 2.45) is 0 Å². The topological polar surface area (TPSA) is 9.23 Å². The van der Waals surface area contributed by atoms with E-state index in [9.17, 15) is 0 Å². The van der Waals surface area contributed by atoms with Crippen LogP contribution in [0.15, 0.2) is 24.3 Å². The van der Waals surface area contributed by atoms with E-state index in [4.69, 9.17) is 4.43 Å². The van der Waals surface area contributed by atoms with Gasteiger partial charge in [0.1, 0.15) is 0 Å². The second-order valence-corrected chi connectivity index (χ2v) is 3.78. The largest absolute Gasteiger partial charge is 0.423 e. The van der Waals surface area contributed by atoms with Crippen molar-refractivity contribution in [2.45, 2.75) is 12.5 Å². The van der Waals surface area contributed by atoms with Crippen LogP contribution in [0.25, 0.3) is 0 Å². The van der Waals surface area contributed by atoms with Crippen LogP contribution >= 0.6 is 0 Å². The van der Waals surface area contributed by atoms with E-state index in [0.29, 0.717) is 5.54 Å². The first-order valence-electron chi connectivity index (χ1n) is 3.36. The van der Waals surface area contributed by atoms with Gasteiger partial charge in [-0.2, -0.15) is 0 Å². The molecule has 0 aromatic rings. The average Bonchev–Trinajstić information content (AvgIpc) is 2.34. The van der Waals surface area contributed by atoms with Crippen LogP contribution in [0, 0.1) is 0 Å². The molecule has 1 radical (unpaired) electrons. The SMILES string of the molecule is CCO[SiH2]C1C=CC=C1.[Li]. The molecule has 0 bridgehead atoms. The van der Waals surface area contributed by atoms with Crippen LogP contribution in [0.2, 0.25) is 5.54 Å². The summed E-state index contributed by atoms with van der Waals surface area (Å²) < 4.78 is 5.35. The Morgan fingerprint density at radius 3 is 2.50 bits per heavy atom. The first kappa shape index (κ1) is 10.3. The van der Waals surface area contributed by atoms with Crippen LogP contribution in [-0.2, 0) is 4.43 Å². The van der Waals surface area contributed by atoms with Crippen molar-refractivity contribution in [3.8, 4) is 0 Å². The molecule has 0 saturated heterocycles. The van der Waals surface area contributed by atoms with E-state index in [0.717, 1.165) is 6.61 Å². The zero-order valence-corrected chi connectivity index (χ0v) is 8.12. The Bertz CT molecular complexity index is 122. The van der Waals surface area contributed by atoms with Gasteiger partial charge >= 0.3 is 0 Å². The van der Waals surface area contributed by atoms with Gasteiger partial charge in [-0.25, -0.2) is 0 Å². The molecule has 51 valence electrons. The summed E-state index contributed by atoms with van der Waals surface area (Å²) >= 11 is 0. The van der Waals surface area contributed by atoms with Gasteiger partial charge in [-0.15, -0.1) is 0 Å². The smallest absolute Gasteiger partial charge is 0.172 e. The molecule has 0 aliphatic heterocycles. The fraction of sp³-hybridized carbons (Fsp3) is 0.429. The van der Waals surface area contributed by atoms with Crippen LogP contribution in [0.3, 0.4) is 0 Å². The van der Waals surface area contributed by atoms with Gasteiger partial charge in [0.25, 0.3) is 0 Å². The van der Waals surface area contributed by atoms with Gasteiger partial charge in [0.15, 0.2) is 9.76 Å². The third kappa shape index (κ3) is 3.43. The van der Waals surface area contributed by atoms with Crippen LogP contribution in [0.4, 0.5) is 0 Å². The van der Waals surface area contributed by atoms with E-state index in [1.54, 1.807) is 0 Å². The molecule has 1 aliphatic rings. The van der Waals surface area contributed by atoms with Crippen molar-refractivity contribution in [1.29, 1.82) is 0 Å². The molecule has 10 heavy (non-hydrogen) atoms. The van der Waals surface area contributed by atoms with Crippen molar-refractivity contribution in [1.82, 2.24) is 0 Å². The molecule has 0 amide bonds. The van der Waals surface area contributed by atoms with Crippen LogP contribution in [-0.4, -0.2) is 35.2 Å². The van der Waals surface area contributed by atoms with E-state index in [-0.39, 0.29) is 28.6 Å². The van der Waals surface area contributed by atoms with Crippen LogP contribution < -0.4 is 0 Å². The maximum atomic E-state index is 5.35. The molecular formula is C7H12LiOSi. The molecule has 1 rings (SSSR count). The molecule has 0 unspecified atom stereocenters. The predicted molar refractivity (Wildman–Crippen MR) is 48.0 cm³/mol. The van der Waals surface area contributed by atoms with E-state index in [1.165, 1.54) is 0 Å². The third-order valence-corrected chi connectivity index (χ3v) is 2.92. The van der Waals surface area contributed by atoms with Gasteiger partial charge in [-0.1, -0.05) is 24.3 Å². The Balaban J connectivity index is 0.000000810. The monoisotopic (exact) mass is 147 g/mol. The molecule has 0 saturated carbocycles. The van der Waals surface area contributed by atoms with Gasteiger partial charge in [0, 0.05) is 31.0 Å². The van der Waals surface area contributed by atoms with Crippen molar-refractivity contribution in [2.75, 3.05) is 6.61 Å². The minimum atomic E-state index is -0.286. The second kappa shape index (κ2) is 6.00. The van der Waals surface area contributed by atoms with Crippen LogP contribution in [0.5, 0.6) is 0 Å². The van der Waals surface area contributed by atoms with Gasteiger partial charge < -0.3 is 4.43 Å². The van der Waals surface area contributed by atoms with Gasteiger partial charge in [0.2, 0.25) is 0 Å². The Kier molecular flexibility index (Phi) is 6.15. The van der Waals surface area contributed by atoms with Crippen molar-refractivity contribution < 1.29 is 4.43 Å². The first-order valence-corrected chi connectivity index (χ1v) is 4.75. The minimum Gasteiger partial charge on any atom is -0.423 e. The van der Waals surface area contributed by atoms with E-state index in [1.807, 2.05) is 0 Å². The third-order valence-electron chi connectivity index (χ3n) is 1.34. The summed E-state index contributed by atoms with van der Waals surface area (Å²) in [6.07, 6.45) is 8.61. The normalized spacial score (nSPS) is 16.9. The van der Waals surface area contributed by atoms with E-state index < -0.39 is 0 Å². The predicted octanol–water partition coefficient (Wildman–Crippen LogP) is 0.640. The zero-order chi connectivity index (χ0) is 6.53. The summed E-state index contributed by atoms with van der Waals surface area (Å²) in [6.45, 7) is 2.93. The minimum absolute atomic E-state index is 0. The molecule has 3 heteroatoms. The number of rotatable bonds is 3. The molecule has 0 atom stereocenters. The molecule has 0 aromatic heterocycles. The van der Waals surface area contributed by atoms with Gasteiger partial charge in [0.05, 0.1) is 0 Å². The summed E-state index contributed by atoms with van der Waals surface area (Å²) in [7, 11) is -0.286. The van der Waals surface area contributed by atoms with E-state index >= 15 is 0 Å². The molecule has 0 heterocycles. The fourth-order valence-electron chi connectivity index (χ4n) is 0.843. The Morgan fingerprint density at radius 1 is 1.40 bits per heavy atom.